The molecule has 0 N–H and O–H groups in total. The molecule has 122 valence electrons. The number of likely N-dealkylation sites (tertiary alicyclic amines) is 1. The summed E-state index contributed by atoms with van der Waals surface area (Å²) >= 11 is 1.64. The van der Waals surface area contributed by atoms with E-state index in [9.17, 15) is 9.59 Å². The van der Waals surface area contributed by atoms with Crippen molar-refractivity contribution < 1.29 is 4.79 Å². The third-order valence-electron chi connectivity index (χ3n) is 5.01. The molecular formula is C17H21N3O2S. The van der Waals surface area contributed by atoms with E-state index in [1.165, 1.54) is 21.4 Å². The molecule has 2 aromatic rings. The summed E-state index contributed by atoms with van der Waals surface area (Å²) in [5.74, 6) is 0.580. The summed E-state index contributed by atoms with van der Waals surface area (Å²) < 4.78 is 1.50. The number of hydrogen-bond donors (Lipinski definition) is 0. The van der Waals surface area contributed by atoms with Gasteiger partial charge in [-0.25, -0.2) is 4.98 Å². The zero-order chi connectivity index (χ0) is 16.0. The number of carbonyl (C=O) groups is 1. The molecule has 1 aliphatic heterocycles. The first-order valence-corrected chi connectivity index (χ1v) is 9.22. The lowest BCUT2D eigenvalue weighted by Gasteiger charge is -2.31. The van der Waals surface area contributed by atoms with Gasteiger partial charge in [0.1, 0.15) is 11.4 Å². The van der Waals surface area contributed by atoms with Crippen molar-refractivity contribution in [2.45, 2.75) is 45.6 Å². The number of piperidine rings is 1. The van der Waals surface area contributed by atoms with Crippen LogP contribution in [0.4, 0.5) is 0 Å². The van der Waals surface area contributed by atoms with E-state index in [4.69, 9.17) is 0 Å². The van der Waals surface area contributed by atoms with Gasteiger partial charge in [0.2, 0.25) is 5.91 Å². The molecule has 5 nitrogen and oxygen atoms in total. The molecule has 4 rings (SSSR count). The Morgan fingerprint density at radius 2 is 2.26 bits per heavy atom. The van der Waals surface area contributed by atoms with Crippen LogP contribution >= 0.6 is 11.3 Å². The van der Waals surface area contributed by atoms with E-state index in [2.05, 4.69) is 11.9 Å². The second-order valence-corrected chi connectivity index (χ2v) is 7.89. The van der Waals surface area contributed by atoms with Crippen molar-refractivity contribution in [2.75, 3.05) is 13.1 Å². The Balaban J connectivity index is 1.63. The third kappa shape index (κ3) is 2.59. The van der Waals surface area contributed by atoms with Crippen LogP contribution < -0.4 is 5.56 Å². The minimum Gasteiger partial charge on any atom is -0.341 e. The molecule has 2 aliphatic rings. The van der Waals surface area contributed by atoms with Gasteiger partial charge in [-0.05, 0) is 43.6 Å². The maximum absolute atomic E-state index is 12.8. The maximum Gasteiger partial charge on any atom is 0.262 e. The predicted molar refractivity (Wildman–Crippen MR) is 90.9 cm³/mol. The van der Waals surface area contributed by atoms with Gasteiger partial charge in [0.25, 0.3) is 5.56 Å². The highest BCUT2D eigenvalue weighted by Gasteiger charge is 2.24. The molecule has 0 radical (unpaired) electrons. The standard InChI is InChI=1S/C17H21N3O2S/c1-11-4-3-7-19(8-11)14(21)9-20-10-18-16-15(17(20)22)12-5-2-6-13(12)23-16/h10-11H,2-9H2,1H3. The smallest absolute Gasteiger partial charge is 0.262 e. The fourth-order valence-corrected chi connectivity index (χ4v) is 5.01. The van der Waals surface area contributed by atoms with E-state index >= 15 is 0 Å². The van der Waals surface area contributed by atoms with Crippen LogP contribution in [-0.4, -0.2) is 33.4 Å². The Hall–Kier alpha value is -1.69. The number of rotatable bonds is 2. The van der Waals surface area contributed by atoms with Crippen LogP contribution in [0.1, 0.15) is 36.6 Å². The van der Waals surface area contributed by atoms with Gasteiger partial charge in [0.05, 0.1) is 11.7 Å². The second kappa shape index (κ2) is 5.74. The normalized spacial score (nSPS) is 20.9. The Bertz CT molecular complexity index is 823. The van der Waals surface area contributed by atoms with Crippen LogP contribution in [0.2, 0.25) is 0 Å². The summed E-state index contributed by atoms with van der Waals surface area (Å²) in [5, 5.41) is 0.754. The number of amides is 1. The Morgan fingerprint density at radius 3 is 3.09 bits per heavy atom. The fourth-order valence-electron chi connectivity index (χ4n) is 3.79. The van der Waals surface area contributed by atoms with E-state index < -0.39 is 0 Å². The molecular weight excluding hydrogens is 310 g/mol. The highest BCUT2D eigenvalue weighted by Crippen LogP contribution is 2.34. The highest BCUT2D eigenvalue weighted by atomic mass is 32.1. The number of nitrogens with zero attached hydrogens (tertiary/aromatic N) is 3. The van der Waals surface area contributed by atoms with E-state index in [0.29, 0.717) is 5.92 Å². The van der Waals surface area contributed by atoms with Crippen molar-refractivity contribution in [3.8, 4) is 0 Å². The first-order chi connectivity index (χ1) is 11.1. The van der Waals surface area contributed by atoms with Crippen molar-refractivity contribution in [1.29, 1.82) is 0 Å². The molecule has 0 aromatic carbocycles. The van der Waals surface area contributed by atoms with Crippen LogP contribution in [0.3, 0.4) is 0 Å². The second-order valence-electron chi connectivity index (χ2n) is 6.80. The van der Waals surface area contributed by atoms with Crippen LogP contribution in [-0.2, 0) is 24.2 Å². The fraction of sp³-hybridized carbons (Fsp3) is 0.588. The highest BCUT2D eigenvalue weighted by molar-refractivity contribution is 7.18. The average molecular weight is 331 g/mol. The van der Waals surface area contributed by atoms with Crippen molar-refractivity contribution in [3.05, 3.63) is 27.1 Å². The van der Waals surface area contributed by atoms with Gasteiger partial charge < -0.3 is 4.90 Å². The number of aromatic nitrogens is 2. The summed E-state index contributed by atoms with van der Waals surface area (Å²) in [4.78, 5) is 33.8. The van der Waals surface area contributed by atoms with Crippen molar-refractivity contribution in [1.82, 2.24) is 14.5 Å². The summed E-state index contributed by atoms with van der Waals surface area (Å²) in [5.41, 5.74) is 1.13. The van der Waals surface area contributed by atoms with Gasteiger partial charge in [-0.1, -0.05) is 6.92 Å². The SMILES string of the molecule is CC1CCCN(C(=O)Cn2cnc3sc4c(c3c2=O)CCC4)C1. The van der Waals surface area contributed by atoms with Gasteiger partial charge in [-0.3, -0.25) is 14.2 Å². The van der Waals surface area contributed by atoms with Crippen molar-refractivity contribution >= 4 is 27.5 Å². The van der Waals surface area contributed by atoms with Crippen molar-refractivity contribution in [3.63, 3.8) is 0 Å². The number of hydrogen-bond acceptors (Lipinski definition) is 4. The number of aryl methyl sites for hydroxylation is 2. The Morgan fingerprint density at radius 1 is 1.39 bits per heavy atom. The van der Waals surface area contributed by atoms with Crippen LogP contribution in [0.25, 0.3) is 10.2 Å². The topological polar surface area (TPSA) is 55.2 Å². The predicted octanol–water partition coefficient (Wildman–Crippen LogP) is 2.21. The molecule has 0 saturated carbocycles. The minimum atomic E-state index is -0.0483. The zero-order valence-electron chi connectivity index (χ0n) is 13.4. The summed E-state index contributed by atoms with van der Waals surface area (Å²) in [6.07, 6.45) is 6.92. The average Bonchev–Trinajstić information content (AvgIpc) is 3.10. The van der Waals surface area contributed by atoms with E-state index in [-0.39, 0.29) is 18.0 Å². The Kier molecular flexibility index (Phi) is 3.71. The van der Waals surface area contributed by atoms with Gasteiger partial charge in [-0.2, -0.15) is 0 Å². The first kappa shape index (κ1) is 14.9. The number of fused-ring (bicyclic) bond motifs is 3. The van der Waals surface area contributed by atoms with Gasteiger partial charge in [-0.15, -0.1) is 11.3 Å². The summed E-state index contributed by atoms with van der Waals surface area (Å²) in [6.45, 7) is 3.89. The van der Waals surface area contributed by atoms with Crippen LogP contribution in [0.15, 0.2) is 11.1 Å². The molecule has 3 heterocycles. The summed E-state index contributed by atoms with van der Waals surface area (Å²) in [6, 6.07) is 0. The third-order valence-corrected chi connectivity index (χ3v) is 6.21. The van der Waals surface area contributed by atoms with Gasteiger partial charge >= 0.3 is 0 Å². The molecule has 1 amide bonds. The minimum absolute atomic E-state index is 0.0340. The molecule has 23 heavy (non-hydrogen) atoms. The van der Waals surface area contributed by atoms with Gasteiger partial charge in [0.15, 0.2) is 0 Å². The van der Waals surface area contributed by atoms with Gasteiger partial charge in [0, 0.05) is 18.0 Å². The molecule has 1 unspecified atom stereocenters. The lowest BCUT2D eigenvalue weighted by atomic mass is 10.0. The maximum atomic E-state index is 12.8. The lowest BCUT2D eigenvalue weighted by molar-refractivity contribution is -0.133. The van der Waals surface area contributed by atoms with Crippen LogP contribution in [0.5, 0.6) is 0 Å². The largest absolute Gasteiger partial charge is 0.341 e. The number of carbonyl (C=O) groups excluding carboxylic acids is 1. The molecule has 1 fully saturated rings. The number of thiophene rings is 1. The molecule has 1 saturated heterocycles. The molecule has 1 atom stereocenters. The van der Waals surface area contributed by atoms with Crippen molar-refractivity contribution in [2.24, 2.45) is 5.92 Å². The van der Waals surface area contributed by atoms with E-state index in [0.717, 1.165) is 49.0 Å². The summed E-state index contributed by atoms with van der Waals surface area (Å²) in [7, 11) is 0. The quantitative estimate of drug-likeness (QED) is 0.848. The van der Waals surface area contributed by atoms with E-state index in [1.807, 2.05) is 4.90 Å². The van der Waals surface area contributed by atoms with Crippen LogP contribution in [0, 0.1) is 5.92 Å². The molecule has 0 spiro atoms. The lowest BCUT2D eigenvalue weighted by Crippen LogP contribution is -2.42. The molecule has 1 aliphatic carbocycles. The molecule has 2 aromatic heterocycles. The molecule has 6 heteroatoms. The Labute approximate surface area is 138 Å². The first-order valence-electron chi connectivity index (χ1n) is 8.41. The van der Waals surface area contributed by atoms with E-state index in [1.54, 1.807) is 17.7 Å². The monoisotopic (exact) mass is 331 g/mol. The zero-order valence-corrected chi connectivity index (χ0v) is 14.2. The molecule has 0 bridgehead atoms.